The van der Waals surface area contributed by atoms with E-state index in [2.05, 4.69) is 5.32 Å². The highest BCUT2D eigenvalue weighted by molar-refractivity contribution is 5.80. The number of carboxylic acids is 1. The van der Waals surface area contributed by atoms with Crippen LogP contribution in [0.5, 0.6) is 0 Å². The van der Waals surface area contributed by atoms with Crippen LogP contribution in [0.1, 0.15) is 52.4 Å². The molecule has 4 nitrogen and oxygen atoms in total. The molecular formula is C13H23NO3. The van der Waals surface area contributed by atoms with E-state index in [0.29, 0.717) is 0 Å². The van der Waals surface area contributed by atoms with Gasteiger partial charge >= 0.3 is 5.97 Å². The van der Waals surface area contributed by atoms with Crippen LogP contribution in [-0.2, 0) is 9.59 Å². The van der Waals surface area contributed by atoms with Crippen LogP contribution in [0.4, 0.5) is 0 Å². The fourth-order valence-electron chi connectivity index (χ4n) is 2.22. The van der Waals surface area contributed by atoms with Gasteiger partial charge in [0.2, 0.25) is 5.91 Å². The topological polar surface area (TPSA) is 66.4 Å². The second-order valence-corrected chi connectivity index (χ2v) is 5.11. The molecule has 0 aromatic rings. The molecule has 1 rings (SSSR count). The normalized spacial score (nSPS) is 21.3. The van der Waals surface area contributed by atoms with E-state index in [0.717, 1.165) is 25.7 Å². The van der Waals surface area contributed by atoms with Crippen LogP contribution < -0.4 is 5.32 Å². The highest BCUT2D eigenvalue weighted by Gasteiger charge is 2.25. The monoisotopic (exact) mass is 241 g/mol. The predicted octanol–water partition coefficient (Wildman–Crippen LogP) is 2.18. The Morgan fingerprint density at radius 1 is 1.12 bits per heavy atom. The summed E-state index contributed by atoms with van der Waals surface area (Å²) in [5.74, 6) is -1.28. The molecule has 0 aromatic carbocycles. The zero-order valence-corrected chi connectivity index (χ0v) is 10.7. The minimum absolute atomic E-state index is 0.0347. The largest absolute Gasteiger partial charge is 0.481 e. The van der Waals surface area contributed by atoms with Crippen molar-refractivity contribution in [1.82, 2.24) is 5.32 Å². The molecule has 0 aromatic heterocycles. The SMILES string of the molecule is CC(NC(=O)C1CCCCCC1)C(C)C(=O)O. The number of hydrogen-bond acceptors (Lipinski definition) is 2. The van der Waals surface area contributed by atoms with Gasteiger partial charge in [-0.1, -0.05) is 25.7 Å². The number of amides is 1. The summed E-state index contributed by atoms with van der Waals surface area (Å²) in [4.78, 5) is 22.8. The third-order valence-corrected chi connectivity index (χ3v) is 3.74. The zero-order valence-electron chi connectivity index (χ0n) is 10.7. The van der Waals surface area contributed by atoms with Gasteiger partial charge in [0.25, 0.3) is 0 Å². The molecule has 2 atom stereocenters. The number of aliphatic carboxylic acids is 1. The van der Waals surface area contributed by atoms with Gasteiger partial charge in [-0.05, 0) is 26.7 Å². The molecule has 0 saturated heterocycles. The van der Waals surface area contributed by atoms with Crippen molar-refractivity contribution < 1.29 is 14.7 Å². The van der Waals surface area contributed by atoms with Gasteiger partial charge in [-0.2, -0.15) is 0 Å². The van der Waals surface area contributed by atoms with Crippen LogP contribution >= 0.6 is 0 Å². The van der Waals surface area contributed by atoms with Crippen molar-refractivity contribution in [3.8, 4) is 0 Å². The van der Waals surface area contributed by atoms with Crippen molar-refractivity contribution in [3.63, 3.8) is 0 Å². The Labute approximate surface area is 103 Å². The highest BCUT2D eigenvalue weighted by atomic mass is 16.4. The first-order valence-corrected chi connectivity index (χ1v) is 6.55. The van der Waals surface area contributed by atoms with E-state index in [4.69, 9.17) is 5.11 Å². The van der Waals surface area contributed by atoms with Crippen LogP contribution in [0.15, 0.2) is 0 Å². The maximum atomic E-state index is 12.0. The molecule has 4 heteroatoms. The molecule has 0 spiro atoms. The molecule has 0 aliphatic heterocycles. The Morgan fingerprint density at radius 3 is 2.12 bits per heavy atom. The van der Waals surface area contributed by atoms with E-state index in [-0.39, 0.29) is 17.9 Å². The van der Waals surface area contributed by atoms with Crippen LogP contribution in [0.2, 0.25) is 0 Å². The summed E-state index contributed by atoms with van der Waals surface area (Å²) in [5, 5.41) is 11.7. The zero-order chi connectivity index (χ0) is 12.8. The molecule has 17 heavy (non-hydrogen) atoms. The summed E-state index contributed by atoms with van der Waals surface area (Å²) in [5.41, 5.74) is 0. The number of rotatable bonds is 4. The van der Waals surface area contributed by atoms with E-state index in [1.165, 1.54) is 12.8 Å². The smallest absolute Gasteiger partial charge is 0.308 e. The van der Waals surface area contributed by atoms with Crippen molar-refractivity contribution in [2.75, 3.05) is 0 Å². The van der Waals surface area contributed by atoms with Gasteiger partial charge in [0.15, 0.2) is 0 Å². The molecule has 0 radical (unpaired) electrons. The van der Waals surface area contributed by atoms with Gasteiger partial charge in [-0.15, -0.1) is 0 Å². The molecule has 1 aliphatic rings. The van der Waals surface area contributed by atoms with E-state index >= 15 is 0 Å². The van der Waals surface area contributed by atoms with Gasteiger partial charge in [0.1, 0.15) is 0 Å². The first kappa shape index (κ1) is 14.0. The van der Waals surface area contributed by atoms with E-state index < -0.39 is 11.9 Å². The van der Waals surface area contributed by atoms with E-state index in [1.807, 2.05) is 0 Å². The average molecular weight is 241 g/mol. The Bertz CT molecular complexity index is 270. The molecule has 1 saturated carbocycles. The Hall–Kier alpha value is -1.06. The molecule has 2 N–H and O–H groups in total. The molecule has 1 amide bonds. The molecule has 98 valence electrons. The second kappa shape index (κ2) is 6.62. The summed E-state index contributed by atoms with van der Waals surface area (Å²) in [6.45, 7) is 3.38. The number of carboxylic acid groups (broad SMARTS) is 1. The van der Waals surface area contributed by atoms with Crippen LogP contribution in [-0.4, -0.2) is 23.0 Å². The van der Waals surface area contributed by atoms with Crippen molar-refractivity contribution in [2.45, 2.75) is 58.4 Å². The summed E-state index contributed by atoms with van der Waals surface area (Å²) in [6.07, 6.45) is 6.54. The lowest BCUT2D eigenvalue weighted by Gasteiger charge is -2.21. The van der Waals surface area contributed by atoms with Gasteiger partial charge in [-0.25, -0.2) is 0 Å². The highest BCUT2D eigenvalue weighted by Crippen LogP contribution is 2.23. The number of nitrogens with one attached hydrogen (secondary N) is 1. The second-order valence-electron chi connectivity index (χ2n) is 5.11. The minimum Gasteiger partial charge on any atom is -0.481 e. The summed E-state index contributed by atoms with van der Waals surface area (Å²) < 4.78 is 0. The first-order chi connectivity index (χ1) is 8.02. The first-order valence-electron chi connectivity index (χ1n) is 6.55. The molecule has 2 unspecified atom stereocenters. The molecular weight excluding hydrogens is 218 g/mol. The lowest BCUT2D eigenvalue weighted by molar-refractivity contribution is -0.142. The van der Waals surface area contributed by atoms with Crippen LogP contribution in [0.25, 0.3) is 0 Å². The summed E-state index contributed by atoms with van der Waals surface area (Å²) in [6, 6.07) is -0.303. The number of carbonyl (C=O) groups is 2. The number of hydrogen-bond donors (Lipinski definition) is 2. The lowest BCUT2D eigenvalue weighted by atomic mass is 9.97. The molecule has 1 fully saturated rings. The van der Waals surface area contributed by atoms with E-state index in [9.17, 15) is 9.59 Å². The fraction of sp³-hybridized carbons (Fsp3) is 0.846. The maximum absolute atomic E-state index is 12.0. The average Bonchev–Trinajstić information content (AvgIpc) is 2.56. The summed E-state index contributed by atoms with van der Waals surface area (Å²) >= 11 is 0. The van der Waals surface area contributed by atoms with Crippen LogP contribution in [0, 0.1) is 11.8 Å². The lowest BCUT2D eigenvalue weighted by Crippen LogP contribution is -2.42. The van der Waals surface area contributed by atoms with Gasteiger partial charge < -0.3 is 10.4 Å². The van der Waals surface area contributed by atoms with Crippen molar-refractivity contribution in [3.05, 3.63) is 0 Å². The third kappa shape index (κ3) is 4.36. The van der Waals surface area contributed by atoms with Crippen molar-refractivity contribution in [2.24, 2.45) is 11.8 Å². The van der Waals surface area contributed by atoms with Gasteiger partial charge in [0.05, 0.1) is 5.92 Å². The molecule has 1 aliphatic carbocycles. The van der Waals surface area contributed by atoms with Gasteiger partial charge in [0, 0.05) is 12.0 Å². The number of carbonyl (C=O) groups excluding carboxylic acids is 1. The Kier molecular flexibility index (Phi) is 5.45. The van der Waals surface area contributed by atoms with E-state index in [1.54, 1.807) is 13.8 Å². The van der Waals surface area contributed by atoms with Gasteiger partial charge in [-0.3, -0.25) is 9.59 Å². The van der Waals surface area contributed by atoms with Crippen LogP contribution in [0.3, 0.4) is 0 Å². The quantitative estimate of drug-likeness (QED) is 0.741. The molecule has 0 heterocycles. The third-order valence-electron chi connectivity index (χ3n) is 3.74. The summed E-state index contributed by atoms with van der Waals surface area (Å²) in [7, 11) is 0. The Morgan fingerprint density at radius 2 is 1.65 bits per heavy atom. The maximum Gasteiger partial charge on any atom is 0.308 e. The molecule has 0 bridgehead atoms. The standard InChI is InChI=1S/C13H23NO3/c1-9(13(16)17)10(2)14-12(15)11-7-5-3-4-6-8-11/h9-11H,3-8H2,1-2H3,(H,14,15)(H,16,17). The van der Waals surface area contributed by atoms with Crippen molar-refractivity contribution in [1.29, 1.82) is 0 Å². The van der Waals surface area contributed by atoms with Crippen molar-refractivity contribution >= 4 is 11.9 Å². The predicted molar refractivity (Wildman–Crippen MR) is 65.6 cm³/mol. The fourth-order valence-corrected chi connectivity index (χ4v) is 2.22. The Balaban J connectivity index is 2.44. The minimum atomic E-state index is -0.862.